The van der Waals surface area contributed by atoms with E-state index in [-0.39, 0.29) is 22.3 Å². The van der Waals surface area contributed by atoms with Gasteiger partial charge in [-0.2, -0.15) is 4.31 Å². The van der Waals surface area contributed by atoms with Gasteiger partial charge in [0.15, 0.2) is 4.90 Å². The van der Waals surface area contributed by atoms with E-state index in [1.165, 1.54) is 25.6 Å². The van der Waals surface area contributed by atoms with Gasteiger partial charge in [0.05, 0.1) is 21.3 Å². The van der Waals surface area contributed by atoms with Crippen molar-refractivity contribution in [3.8, 4) is 17.2 Å². The molecule has 24 heavy (non-hydrogen) atoms. The van der Waals surface area contributed by atoms with Crippen LogP contribution in [0.1, 0.15) is 19.3 Å². The van der Waals surface area contributed by atoms with Gasteiger partial charge >= 0.3 is 0 Å². The normalized spacial score (nSPS) is 19.1. The molecule has 0 saturated carbocycles. The molecule has 1 fully saturated rings. The van der Waals surface area contributed by atoms with E-state index in [0.717, 1.165) is 19.3 Å². The van der Waals surface area contributed by atoms with Gasteiger partial charge in [-0.25, -0.2) is 8.42 Å². The highest BCUT2D eigenvalue weighted by Crippen LogP contribution is 2.40. The van der Waals surface area contributed by atoms with E-state index in [2.05, 4.69) is 0 Å². The second-order valence-electron chi connectivity index (χ2n) is 5.81. The second-order valence-corrected chi connectivity index (χ2v) is 7.68. The Balaban J connectivity index is 2.44. The molecule has 0 spiro atoms. The van der Waals surface area contributed by atoms with Crippen LogP contribution < -0.4 is 19.9 Å². The summed E-state index contributed by atoms with van der Waals surface area (Å²) in [5.74, 6) is 1.19. The highest BCUT2D eigenvalue weighted by molar-refractivity contribution is 7.89. The molecule has 2 N–H and O–H groups in total. The van der Waals surface area contributed by atoms with Crippen LogP contribution >= 0.6 is 0 Å². The van der Waals surface area contributed by atoms with Crippen molar-refractivity contribution >= 4 is 10.0 Å². The molecular formula is C16H26N2O5S. The van der Waals surface area contributed by atoms with E-state index < -0.39 is 10.0 Å². The lowest BCUT2D eigenvalue weighted by Crippen LogP contribution is -2.40. The first kappa shape index (κ1) is 18.8. The zero-order valence-electron chi connectivity index (χ0n) is 14.4. The summed E-state index contributed by atoms with van der Waals surface area (Å²) >= 11 is 0. The Morgan fingerprint density at radius 2 is 1.79 bits per heavy atom. The Morgan fingerprint density at radius 1 is 1.17 bits per heavy atom. The number of nitrogens with zero attached hydrogens (tertiary/aromatic N) is 1. The SMILES string of the molecule is COc1cc(OC)c(S(=O)(=O)N2CCCC(CCN)C2)c(OC)c1. The van der Waals surface area contributed by atoms with Crippen molar-refractivity contribution in [1.82, 2.24) is 4.31 Å². The average Bonchev–Trinajstić information content (AvgIpc) is 2.60. The Kier molecular flexibility index (Phi) is 6.31. The summed E-state index contributed by atoms with van der Waals surface area (Å²) in [6.45, 7) is 1.52. The van der Waals surface area contributed by atoms with E-state index in [1.54, 1.807) is 12.1 Å². The molecule has 0 amide bonds. The maximum atomic E-state index is 13.2. The summed E-state index contributed by atoms with van der Waals surface area (Å²) in [4.78, 5) is 0.0432. The number of ether oxygens (including phenoxy) is 3. The number of benzene rings is 1. The third kappa shape index (κ3) is 3.76. The van der Waals surface area contributed by atoms with Crippen LogP contribution in [-0.4, -0.2) is 53.7 Å². The van der Waals surface area contributed by atoms with Gasteiger partial charge in [0.25, 0.3) is 0 Å². The summed E-state index contributed by atoms with van der Waals surface area (Å²) in [6.07, 6.45) is 2.65. The van der Waals surface area contributed by atoms with Crippen molar-refractivity contribution in [3.63, 3.8) is 0 Å². The molecule has 0 radical (unpaired) electrons. The molecule has 136 valence electrons. The van der Waals surface area contributed by atoms with Gasteiger partial charge in [0, 0.05) is 25.2 Å². The number of nitrogens with two attached hydrogens (primary N) is 1. The number of rotatable bonds is 7. The van der Waals surface area contributed by atoms with Crippen molar-refractivity contribution in [2.24, 2.45) is 11.7 Å². The molecule has 1 unspecified atom stereocenters. The van der Waals surface area contributed by atoms with Gasteiger partial charge in [-0.3, -0.25) is 0 Å². The van der Waals surface area contributed by atoms with Crippen LogP contribution in [0.3, 0.4) is 0 Å². The maximum Gasteiger partial charge on any atom is 0.250 e. The van der Waals surface area contributed by atoms with Gasteiger partial charge in [0.1, 0.15) is 17.2 Å². The lowest BCUT2D eigenvalue weighted by atomic mass is 9.96. The summed E-state index contributed by atoms with van der Waals surface area (Å²) in [5.41, 5.74) is 5.63. The first-order valence-corrected chi connectivity index (χ1v) is 9.42. The number of hydrogen-bond acceptors (Lipinski definition) is 6. The topological polar surface area (TPSA) is 91.1 Å². The molecule has 1 aliphatic rings. The minimum atomic E-state index is -3.74. The predicted molar refractivity (Wildman–Crippen MR) is 91.3 cm³/mol. The van der Waals surface area contributed by atoms with E-state index in [9.17, 15) is 8.42 Å². The van der Waals surface area contributed by atoms with Crippen LogP contribution in [0.2, 0.25) is 0 Å². The maximum absolute atomic E-state index is 13.2. The Labute approximate surface area is 143 Å². The van der Waals surface area contributed by atoms with Crippen LogP contribution in [0.15, 0.2) is 17.0 Å². The van der Waals surface area contributed by atoms with Crippen molar-refractivity contribution in [1.29, 1.82) is 0 Å². The number of methoxy groups -OCH3 is 3. The highest BCUT2D eigenvalue weighted by atomic mass is 32.2. The first-order chi connectivity index (χ1) is 11.5. The monoisotopic (exact) mass is 358 g/mol. The molecule has 8 heteroatoms. The summed E-state index contributed by atoms with van der Waals surface area (Å²) in [6, 6.07) is 3.10. The van der Waals surface area contributed by atoms with Crippen molar-refractivity contribution < 1.29 is 22.6 Å². The lowest BCUT2D eigenvalue weighted by Gasteiger charge is -2.32. The summed E-state index contributed by atoms with van der Waals surface area (Å²) in [5, 5.41) is 0. The molecule has 1 heterocycles. The van der Waals surface area contributed by atoms with E-state index in [4.69, 9.17) is 19.9 Å². The second kappa shape index (κ2) is 8.04. The van der Waals surface area contributed by atoms with Gasteiger partial charge in [0.2, 0.25) is 10.0 Å². The standard InChI is InChI=1S/C16H26N2O5S/c1-21-13-9-14(22-2)16(15(10-13)23-3)24(19,20)18-8-4-5-12(11-18)6-7-17/h9-10,12H,4-8,11,17H2,1-3H3. The third-order valence-electron chi connectivity index (χ3n) is 4.32. The minimum absolute atomic E-state index is 0.0432. The number of hydrogen-bond donors (Lipinski definition) is 1. The molecule has 1 saturated heterocycles. The van der Waals surface area contributed by atoms with Gasteiger partial charge < -0.3 is 19.9 Å². The van der Waals surface area contributed by atoms with Crippen molar-refractivity contribution in [2.45, 2.75) is 24.2 Å². The van der Waals surface area contributed by atoms with E-state index in [1.807, 2.05) is 0 Å². The molecule has 1 aliphatic heterocycles. The molecule has 0 bridgehead atoms. The van der Waals surface area contributed by atoms with E-state index in [0.29, 0.717) is 25.4 Å². The highest BCUT2D eigenvalue weighted by Gasteiger charge is 2.35. The number of piperidine rings is 1. The quantitative estimate of drug-likeness (QED) is 0.793. The molecule has 7 nitrogen and oxygen atoms in total. The van der Waals surface area contributed by atoms with Crippen molar-refractivity contribution in [3.05, 3.63) is 12.1 Å². The van der Waals surface area contributed by atoms with Gasteiger partial charge in [-0.1, -0.05) is 0 Å². The molecule has 1 aromatic carbocycles. The Hall–Kier alpha value is -1.51. The zero-order chi connectivity index (χ0) is 17.7. The van der Waals surface area contributed by atoms with Crippen molar-refractivity contribution in [2.75, 3.05) is 41.0 Å². The minimum Gasteiger partial charge on any atom is -0.496 e. The van der Waals surface area contributed by atoms with E-state index >= 15 is 0 Å². The zero-order valence-corrected chi connectivity index (χ0v) is 15.3. The predicted octanol–water partition coefficient (Wildman–Crippen LogP) is 1.46. The van der Waals surface area contributed by atoms with Crippen LogP contribution in [0.5, 0.6) is 17.2 Å². The van der Waals surface area contributed by atoms with Crippen LogP contribution in [0.4, 0.5) is 0 Å². The van der Waals surface area contributed by atoms with Gasteiger partial charge in [-0.15, -0.1) is 0 Å². The van der Waals surface area contributed by atoms with Crippen LogP contribution in [0.25, 0.3) is 0 Å². The van der Waals surface area contributed by atoms with Gasteiger partial charge in [-0.05, 0) is 31.7 Å². The average molecular weight is 358 g/mol. The fraction of sp³-hybridized carbons (Fsp3) is 0.625. The molecule has 1 atom stereocenters. The summed E-state index contributed by atoms with van der Waals surface area (Å²) in [7, 11) is 0.630. The van der Waals surface area contributed by atoms with Crippen LogP contribution in [0, 0.1) is 5.92 Å². The molecule has 1 aromatic rings. The molecule has 0 aliphatic carbocycles. The fourth-order valence-electron chi connectivity index (χ4n) is 3.07. The largest absolute Gasteiger partial charge is 0.496 e. The third-order valence-corrected chi connectivity index (χ3v) is 6.25. The Morgan fingerprint density at radius 3 is 2.29 bits per heavy atom. The molecule has 0 aromatic heterocycles. The molecular weight excluding hydrogens is 332 g/mol. The fourth-order valence-corrected chi connectivity index (χ4v) is 4.90. The van der Waals surface area contributed by atoms with Crippen LogP contribution in [-0.2, 0) is 10.0 Å². The number of sulfonamides is 1. The summed E-state index contributed by atoms with van der Waals surface area (Å²) < 4.78 is 43.7. The first-order valence-electron chi connectivity index (χ1n) is 7.98. The Bertz CT molecular complexity index is 635. The smallest absolute Gasteiger partial charge is 0.250 e. The lowest BCUT2D eigenvalue weighted by molar-refractivity contribution is 0.256. The molecule has 2 rings (SSSR count).